The van der Waals surface area contributed by atoms with Crippen molar-refractivity contribution in [3.8, 4) is 0 Å². The molecule has 1 atom stereocenters. The third-order valence-electron chi connectivity index (χ3n) is 3.25. The summed E-state index contributed by atoms with van der Waals surface area (Å²) in [5, 5.41) is 3.52. The van der Waals surface area contributed by atoms with Crippen molar-refractivity contribution in [3.63, 3.8) is 0 Å². The SMILES string of the molecule is Cc1ccc(CNC(C)C2CCC2)o1. The van der Waals surface area contributed by atoms with Crippen LogP contribution in [0.5, 0.6) is 0 Å². The number of aryl methyl sites for hydroxylation is 1. The van der Waals surface area contributed by atoms with Gasteiger partial charge in [-0.1, -0.05) is 6.42 Å². The molecule has 0 amide bonds. The van der Waals surface area contributed by atoms with Crippen LogP contribution >= 0.6 is 0 Å². The van der Waals surface area contributed by atoms with Crippen molar-refractivity contribution in [2.75, 3.05) is 0 Å². The summed E-state index contributed by atoms with van der Waals surface area (Å²) in [6.07, 6.45) is 4.20. The third kappa shape index (κ3) is 2.18. The van der Waals surface area contributed by atoms with Crippen molar-refractivity contribution >= 4 is 0 Å². The molecule has 1 aromatic rings. The number of furan rings is 1. The Morgan fingerprint density at radius 2 is 2.29 bits per heavy atom. The molecule has 78 valence electrons. The first kappa shape index (κ1) is 9.78. The maximum absolute atomic E-state index is 5.50. The number of hydrogen-bond acceptors (Lipinski definition) is 2. The molecule has 14 heavy (non-hydrogen) atoms. The van der Waals surface area contributed by atoms with E-state index in [0.29, 0.717) is 6.04 Å². The van der Waals surface area contributed by atoms with Crippen molar-refractivity contribution in [2.45, 2.75) is 45.7 Å². The summed E-state index contributed by atoms with van der Waals surface area (Å²) in [5.74, 6) is 2.94. The first-order valence-corrected chi connectivity index (χ1v) is 5.54. The van der Waals surface area contributed by atoms with Crippen molar-refractivity contribution in [1.82, 2.24) is 5.32 Å². The molecule has 0 aromatic carbocycles. The standard InChI is InChI=1S/C12H19NO/c1-9-6-7-12(14-9)8-13-10(2)11-4-3-5-11/h6-7,10-11,13H,3-5,8H2,1-2H3. The fourth-order valence-corrected chi connectivity index (χ4v) is 1.95. The topological polar surface area (TPSA) is 25.2 Å². The van der Waals surface area contributed by atoms with Gasteiger partial charge in [0.1, 0.15) is 11.5 Å². The summed E-state index contributed by atoms with van der Waals surface area (Å²) in [4.78, 5) is 0. The van der Waals surface area contributed by atoms with Crippen LogP contribution in [0.25, 0.3) is 0 Å². The molecule has 1 N–H and O–H groups in total. The second-order valence-electron chi connectivity index (χ2n) is 4.37. The molecule has 1 fully saturated rings. The van der Waals surface area contributed by atoms with Crippen LogP contribution in [-0.2, 0) is 6.54 Å². The Morgan fingerprint density at radius 3 is 2.79 bits per heavy atom. The van der Waals surface area contributed by atoms with E-state index >= 15 is 0 Å². The summed E-state index contributed by atoms with van der Waals surface area (Å²) in [6.45, 7) is 5.13. The average Bonchev–Trinajstić information content (AvgIpc) is 2.45. The van der Waals surface area contributed by atoms with Gasteiger partial charge in [-0.05, 0) is 44.7 Å². The minimum absolute atomic E-state index is 0.633. The highest BCUT2D eigenvalue weighted by Gasteiger charge is 2.23. The van der Waals surface area contributed by atoms with Gasteiger partial charge in [-0.15, -0.1) is 0 Å². The van der Waals surface area contributed by atoms with Gasteiger partial charge < -0.3 is 9.73 Å². The Hall–Kier alpha value is -0.760. The van der Waals surface area contributed by atoms with Crippen molar-refractivity contribution in [2.24, 2.45) is 5.92 Å². The zero-order valence-corrected chi connectivity index (χ0v) is 9.05. The fourth-order valence-electron chi connectivity index (χ4n) is 1.95. The lowest BCUT2D eigenvalue weighted by molar-refractivity contribution is 0.236. The average molecular weight is 193 g/mol. The smallest absolute Gasteiger partial charge is 0.117 e. The quantitative estimate of drug-likeness (QED) is 0.795. The van der Waals surface area contributed by atoms with Gasteiger partial charge in [-0.2, -0.15) is 0 Å². The van der Waals surface area contributed by atoms with Crippen molar-refractivity contribution in [1.29, 1.82) is 0 Å². The summed E-state index contributed by atoms with van der Waals surface area (Å²) < 4.78 is 5.50. The molecule has 0 saturated heterocycles. The van der Waals surface area contributed by atoms with Gasteiger partial charge in [-0.3, -0.25) is 0 Å². The lowest BCUT2D eigenvalue weighted by Gasteiger charge is -2.31. The van der Waals surface area contributed by atoms with E-state index in [4.69, 9.17) is 4.42 Å². The molecular weight excluding hydrogens is 174 g/mol. The molecule has 0 spiro atoms. The first-order valence-electron chi connectivity index (χ1n) is 5.54. The molecule has 1 unspecified atom stereocenters. The summed E-state index contributed by atoms with van der Waals surface area (Å²) in [6, 6.07) is 4.70. The van der Waals surface area contributed by atoms with Crippen LogP contribution in [0.2, 0.25) is 0 Å². The first-order chi connectivity index (χ1) is 6.75. The number of nitrogens with one attached hydrogen (secondary N) is 1. The zero-order chi connectivity index (χ0) is 9.97. The Labute approximate surface area is 85.7 Å². The van der Waals surface area contributed by atoms with Crippen LogP contribution in [0.15, 0.2) is 16.5 Å². The normalized spacial score (nSPS) is 19.3. The van der Waals surface area contributed by atoms with Gasteiger partial charge in [0.15, 0.2) is 0 Å². The molecule has 2 nitrogen and oxygen atoms in total. The molecule has 0 radical (unpaired) electrons. The Bertz CT molecular complexity index is 288. The summed E-state index contributed by atoms with van der Waals surface area (Å²) in [7, 11) is 0. The van der Waals surface area contributed by atoms with Crippen LogP contribution in [0, 0.1) is 12.8 Å². The van der Waals surface area contributed by atoms with Gasteiger partial charge in [0.2, 0.25) is 0 Å². The highest BCUT2D eigenvalue weighted by molar-refractivity contribution is 5.05. The Balaban J connectivity index is 1.76. The summed E-state index contributed by atoms with van der Waals surface area (Å²) in [5.41, 5.74) is 0. The highest BCUT2D eigenvalue weighted by atomic mass is 16.3. The maximum Gasteiger partial charge on any atom is 0.117 e. The second kappa shape index (κ2) is 4.18. The van der Waals surface area contributed by atoms with Crippen LogP contribution in [0.1, 0.15) is 37.7 Å². The Morgan fingerprint density at radius 1 is 1.50 bits per heavy atom. The van der Waals surface area contributed by atoms with Crippen LogP contribution in [0.3, 0.4) is 0 Å². The van der Waals surface area contributed by atoms with Crippen LogP contribution < -0.4 is 5.32 Å². The molecule has 0 aliphatic heterocycles. The number of hydrogen-bond donors (Lipinski definition) is 1. The Kier molecular flexibility index (Phi) is 2.92. The van der Waals surface area contributed by atoms with E-state index in [-0.39, 0.29) is 0 Å². The molecule has 2 rings (SSSR count). The molecule has 1 aliphatic rings. The minimum Gasteiger partial charge on any atom is -0.465 e. The molecule has 0 bridgehead atoms. The molecule has 1 aromatic heterocycles. The molecule has 1 aliphatic carbocycles. The highest BCUT2D eigenvalue weighted by Crippen LogP contribution is 2.29. The predicted molar refractivity (Wildman–Crippen MR) is 57.1 cm³/mol. The zero-order valence-electron chi connectivity index (χ0n) is 9.05. The van der Waals surface area contributed by atoms with E-state index < -0.39 is 0 Å². The van der Waals surface area contributed by atoms with Gasteiger partial charge in [0.05, 0.1) is 6.54 Å². The van der Waals surface area contributed by atoms with E-state index in [1.165, 1.54) is 19.3 Å². The van der Waals surface area contributed by atoms with E-state index in [1.54, 1.807) is 0 Å². The predicted octanol–water partition coefficient (Wildman–Crippen LogP) is 2.87. The number of rotatable bonds is 4. The second-order valence-corrected chi connectivity index (χ2v) is 4.37. The monoisotopic (exact) mass is 193 g/mol. The fraction of sp³-hybridized carbons (Fsp3) is 0.667. The molecular formula is C12H19NO. The van der Waals surface area contributed by atoms with Gasteiger partial charge in [0.25, 0.3) is 0 Å². The van der Waals surface area contributed by atoms with Gasteiger partial charge >= 0.3 is 0 Å². The van der Waals surface area contributed by atoms with Gasteiger partial charge in [0, 0.05) is 6.04 Å². The lowest BCUT2D eigenvalue weighted by atomic mass is 9.80. The molecule has 2 heteroatoms. The van der Waals surface area contributed by atoms with Crippen LogP contribution in [-0.4, -0.2) is 6.04 Å². The summed E-state index contributed by atoms with van der Waals surface area (Å²) >= 11 is 0. The van der Waals surface area contributed by atoms with E-state index in [9.17, 15) is 0 Å². The minimum atomic E-state index is 0.633. The largest absolute Gasteiger partial charge is 0.465 e. The van der Waals surface area contributed by atoms with Crippen molar-refractivity contribution < 1.29 is 4.42 Å². The van der Waals surface area contributed by atoms with E-state index in [1.807, 2.05) is 13.0 Å². The maximum atomic E-state index is 5.50. The molecule has 1 saturated carbocycles. The van der Waals surface area contributed by atoms with Crippen LogP contribution in [0.4, 0.5) is 0 Å². The van der Waals surface area contributed by atoms with E-state index in [0.717, 1.165) is 24.0 Å². The molecule has 1 heterocycles. The third-order valence-corrected chi connectivity index (χ3v) is 3.25. The van der Waals surface area contributed by atoms with Gasteiger partial charge in [-0.25, -0.2) is 0 Å². The van der Waals surface area contributed by atoms with Crippen molar-refractivity contribution in [3.05, 3.63) is 23.7 Å². The lowest BCUT2D eigenvalue weighted by Crippen LogP contribution is -2.36. The van der Waals surface area contributed by atoms with E-state index in [2.05, 4.69) is 18.3 Å².